The fraction of sp³-hybridized carbons (Fsp3) is 0.467. The summed E-state index contributed by atoms with van der Waals surface area (Å²) in [5.41, 5.74) is 7.35. The smallest absolute Gasteiger partial charge is 0.317 e. The highest BCUT2D eigenvalue weighted by Gasteiger charge is 2.11. The number of carboxylic acids is 1. The van der Waals surface area contributed by atoms with Gasteiger partial charge in [0.05, 0.1) is 19.7 Å². The minimum absolute atomic E-state index is 0.0597. The van der Waals surface area contributed by atoms with Crippen LogP contribution in [0.5, 0.6) is 5.75 Å². The van der Waals surface area contributed by atoms with E-state index in [9.17, 15) is 9.59 Å². The molecule has 0 aliphatic carbocycles. The topological polar surface area (TPSA) is 92.9 Å². The maximum absolute atomic E-state index is 10.9. The summed E-state index contributed by atoms with van der Waals surface area (Å²) in [5.74, 6) is -0.717. The molecular formula is C15H22N2O4. The van der Waals surface area contributed by atoms with Crippen LogP contribution in [-0.2, 0) is 9.59 Å². The van der Waals surface area contributed by atoms with Crippen molar-refractivity contribution in [3.8, 4) is 5.75 Å². The molecule has 0 fully saturated rings. The van der Waals surface area contributed by atoms with Gasteiger partial charge in [0, 0.05) is 6.54 Å². The average molecular weight is 294 g/mol. The second-order valence-electron chi connectivity index (χ2n) is 5.10. The Kier molecular flexibility index (Phi) is 6.68. The van der Waals surface area contributed by atoms with Gasteiger partial charge in [-0.2, -0.15) is 0 Å². The van der Waals surface area contributed by atoms with Gasteiger partial charge in [-0.25, -0.2) is 0 Å². The highest BCUT2D eigenvalue weighted by Crippen LogP contribution is 2.16. The van der Waals surface area contributed by atoms with E-state index < -0.39 is 11.9 Å². The van der Waals surface area contributed by atoms with Gasteiger partial charge in [-0.1, -0.05) is 6.07 Å². The summed E-state index contributed by atoms with van der Waals surface area (Å²) in [7, 11) is 0. The van der Waals surface area contributed by atoms with Crippen LogP contribution in [0.2, 0.25) is 0 Å². The first-order valence-electron chi connectivity index (χ1n) is 6.80. The molecule has 1 aromatic rings. The van der Waals surface area contributed by atoms with Gasteiger partial charge in [-0.3, -0.25) is 14.5 Å². The standard InChI is InChI=1S/C15H22N2O4/c1-11-6-12(2)8-13(7-11)21-5-3-4-17(9-14(16)18)10-15(19)20/h6-8H,3-5,9-10H2,1-2H3,(H2,16,18)(H,19,20). The number of carbonyl (C=O) groups is 2. The predicted molar refractivity (Wildman–Crippen MR) is 79.3 cm³/mol. The highest BCUT2D eigenvalue weighted by atomic mass is 16.5. The van der Waals surface area contributed by atoms with E-state index in [1.807, 2.05) is 26.0 Å². The Bertz CT molecular complexity index is 466. The van der Waals surface area contributed by atoms with Crippen molar-refractivity contribution in [2.45, 2.75) is 20.3 Å². The van der Waals surface area contributed by atoms with Crippen molar-refractivity contribution in [2.75, 3.05) is 26.2 Å². The quantitative estimate of drug-likeness (QED) is 0.661. The second-order valence-corrected chi connectivity index (χ2v) is 5.10. The van der Waals surface area contributed by atoms with E-state index in [0.717, 1.165) is 16.9 Å². The third-order valence-corrected chi connectivity index (χ3v) is 2.82. The first-order chi connectivity index (χ1) is 9.86. The Hall–Kier alpha value is -2.08. The third-order valence-electron chi connectivity index (χ3n) is 2.82. The van der Waals surface area contributed by atoms with Crippen molar-refractivity contribution in [1.82, 2.24) is 4.90 Å². The molecule has 0 saturated heterocycles. The highest BCUT2D eigenvalue weighted by molar-refractivity contribution is 5.77. The van der Waals surface area contributed by atoms with E-state index in [0.29, 0.717) is 19.6 Å². The van der Waals surface area contributed by atoms with Crippen LogP contribution in [-0.4, -0.2) is 48.1 Å². The van der Waals surface area contributed by atoms with E-state index >= 15 is 0 Å². The minimum atomic E-state index is -0.980. The van der Waals surface area contributed by atoms with Crippen molar-refractivity contribution < 1.29 is 19.4 Å². The summed E-state index contributed by atoms with van der Waals surface area (Å²) in [6.07, 6.45) is 0.619. The number of nitrogens with two attached hydrogens (primary N) is 1. The van der Waals surface area contributed by atoms with E-state index in [1.54, 1.807) is 0 Å². The Morgan fingerprint density at radius 2 is 1.81 bits per heavy atom. The molecular weight excluding hydrogens is 272 g/mol. The molecule has 0 bridgehead atoms. The van der Waals surface area contributed by atoms with Gasteiger partial charge in [-0.15, -0.1) is 0 Å². The number of hydrogen-bond donors (Lipinski definition) is 2. The van der Waals surface area contributed by atoms with E-state index in [2.05, 4.69) is 6.07 Å². The number of carbonyl (C=O) groups excluding carboxylic acids is 1. The number of aliphatic carboxylic acids is 1. The molecule has 6 nitrogen and oxygen atoms in total. The third kappa shape index (κ3) is 7.31. The average Bonchev–Trinajstić information content (AvgIpc) is 2.31. The number of primary amides is 1. The number of hydrogen-bond acceptors (Lipinski definition) is 4. The summed E-state index contributed by atoms with van der Waals surface area (Å²) < 4.78 is 5.64. The van der Waals surface area contributed by atoms with Crippen LogP contribution in [0, 0.1) is 13.8 Å². The maximum Gasteiger partial charge on any atom is 0.317 e. The number of ether oxygens (including phenoxy) is 1. The molecule has 1 aromatic carbocycles. The van der Waals surface area contributed by atoms with E-state index in [4.69, 9.17) is 15.6 Å². The largest absolute Gasteiger partial charge is 0.494 e. The van der Waals surface area contributed by atoms with Crippen molar-refractivity contribution in [2.24, 2.45) is 5.73 Å². The molecule has 0 spiro atoms. The molecule has 0 unspecified atom stereocenters. The molecule has 6 heteroatoms. The Balaban J connectivity index is 2.39. The maximum atomic E-state index is 10.9. The summed E-state index contributed by atoms with van der Waals surface area (Å²) in [6, 6.07) is 5.96. The van der Waals surface area contributed by atoms with Gasteiger partial charge < -0.3 is 15.6 Å². The van der Waals surface area contributed by atoms with Crippen LogP contribution in [0.15, 0.2) is 18.2 Å². The molecule has 3 N–H and O–H groups in total. The Labute approximate surface area is 124 Å². The zero-order chi connectivity index (χ0) is 15.8. The number of amides is 1. The van der Waals surface area contributed by atoms with Gasteiger partial charge >= 0.3 is 5.97 Å². The number of carboxylic acid groups (broad SMARTS) is 1. The monoisotopic (exact) mass is 294 g/mol. The van der Waals surface area contributed by atoms with Gasteiger partial charge in [0.2, 0.25) is 5.91 Å². The molecule has 0 aromatic heterocycles. The molecule has 0 atom stereocenters. The van der Waals surface area contributed by atoms with Gasteiger partial charge in [0.15, 0.2) is 0 Å². The van der Waals surface area contributed by atoms with Crippen molar-refractivity contribution in [3.63, 3.8) is 0 Å². The lowest BCUT2D eigenvalue weighted by atomic mass is 10.1. The number of aryl methyl sites for hydroxylation is 2. The van der Waals surface area contributed by atoms with Crippen molar-refractivity contribution >= 4 is 11.9 Å². The van der Waals surface area contributed by atoms with Gasteiger partial charge in [-0.05, 0) is 43.5 Å². The van der Waals surface area contributed by atoms with Crippen LogP contribution in [0.4, 0.5) is 0 Å². The van der Waals surface area contributed by atoms with E-state index in [1.165, 1.54) is 4.90 Å². The molecule has 21 heavy (non-hydrogen) atoms. The van der Waals surface area contributed by atoms with Crippen LogP contribution >= 0.6 is 0 Å². The summed E-state index contributed by atoms with van der Waals surface area (Å²) in [4.78, 5) is 23.1. The predicted octanol–water partition coefficient (Wildman–Crippen LogP) is 0.944. The zero-order valence-corrected chi connectivity index (χ0v) is 12.5. The van der Waals surface area contributed by atoms with Crippen LogP contribution in [0.25, 0.3) is 0 Å². The van der Waals surface area contributed by atoms with Gasteiger partial charge in [0.25, 0.3) is 0 Å². The number of rotatable bonds is 9. The summed E-state index contributed by atoms with van der Waals surface area (Å²) in [6.45, 7) is 4.64. The molecule has 116 valence electrons. The van der Waals surface area contributed by atoms with Crippen molar-refractivity contribution in [3.05, 3.63) is 29.3 Å². The molecule has 1 rings (SSSR count). The second kappa shape index (κ2) is 8.26. The summed E-state index contributed by atoms with van der Waals surface area (Å²) in [5, 5.41) is 8.77. The number of nitrogens with zero attached hydrogens (tertiary/aromatic N) is 1. The summed E-state index contributed by atoms with van der Waals surface area (Å²) >= 11 is 0. The molecule has 0 aliphatic heterocycles. The molecule has 1 amide bonds. The fourth-order valence-corrected chi connectivity index (χ4v) is 2.12. The van der Waals surface area contributed by atoms with Crippen molar-refractivity contribution in [1.29, 1.82) is 0 Å². The minimum Gasteiger partial charge on any atom is -0.494 e. The Morgan fingerprint density at radius 3 is 2.33 bits per heavy atom. The molecule has 0 saturated carbocycles. The molecule has 0 aliphatic rings. The van der Waals surface area contributed by atoms with Crippen LogP contribution < -0.4 is 10.5 Å². The van der Waals surface area contributed by atoms with Gasteiger partial charge in [0.1, 0.15) is 5.75 Å². The first kappa shape index (κ1) is 17.0. The van der Waals surface area contributed by atoms with Crippen LogP contribution in [0.1, 0.15) is 17.5 Å². The first-order valence-corrected chi connectivity index (χ1v) is 6.80. The number of benzene rings is 1. The zero-order valence-electron chi connectivity index (χ0n) is 12.5. The molecule has 0 radical (unpaired) electrons. The Morgan fingerprint density at radius 1 is 1.19 bits per heavy atom. The fourth-order valence-electron chi connectivity index (χ4n) is 2.12. The van der Waals surface area contributed by atoms with E-state index in [-0.39, 0.29) is 13.1 Å². The van der Waals surface area contributed by atoms with Crippen LogP contribution in [0.3, 0.4) is 0 Å². The molecule has 0 heterocycles. The lowest BCUT2D eigenvalue weighted by Gasteiger charge is -2.18. The SMILES string of the molecule is Cc1cc(C)cc(OCCCN(CC(N)=O)CC(=O)O)c1. The lowest BCUT2D eigenvalue weighted by Crippen LogP contribution is -2.38. The normalized spacial score (nSPS) is 10.6. The lowest BCUT2D eigenvalue weighted by molar-refractivity contribution is -0.138.